The van der Waals surface area contributed by atoms with Crippen LogP contribution in [0.4, 0.5) is 5.69 Å². The topological polar surface area (TPSA) is 130 Å². The van der Waals surface area contributed by atoms with Gasteiger partial charge in [-0.15, -0.1) is 0 Å². The molecule has 1 aliphatic carbocycles. The quantitative estimate of drug-likeness (QED) is 0.644. The Morgan fingerprint density at radius 2 is 1.62 bits per heavy atom. The second-order valence-corrected chi connectivity index (χ2v) is 5.42. The van der Waals surface area contributed by atoms with Crippen molar-refractivity contribution < 1.29 is 24.6 Å². The number of carboxylic acids is 2. The lowest BCUT2D eigenvalue weighted by Crippen LogP contribution is -2.50. The summed E-state index contributed by atoms with van der Waals surface area (Å²) in [7, 11) is 0. The van der Waals surface area contributed by atoms with E-state index >= 15 is 0 Å². The van der Waals surface area contributed by atoms with Gasteiger partial charge in [0, 0.05) is 5.69 Å². The van der Waals surface area contributed by atoms with Crippen molar-refractivity contribution in [3.8, 4) is 0 Å². The maximum atomic E-state index is 12.1. The monoisotopic (exact) mass is 292 g/mol. The number of carbonyl (C=O) groups is 3. The third-order valence-electron chi connectivity index (χ3n) is 3.60. The van der Waals surface area contributed by atoms with Crippen LogP contribution in [0.2, 0.25) is 0 Å². The van der Waals surface area contributed by atoms with Gasteiger partial charge in [0.25, 0.3) is 0 Å². The van der Waals surface area contributed by atoms with E-state index in [-0.39, 0.29) is 22.7 Å². The number of hydrogen-bond donors (Lipinski definition) is 4. The summed E-state index contributed by atoms with van der Waals surface area (Å²) >= 11 is 0. The first-order valence-electron chi connectivity index (χ1n) is 6.44. The van der Waals surface area contributed by atoms with E-state index in [1.165, 1.54) is 12.1 Å². The van der Waals surface area contributed by atoms with Crippen LogP contribution in [0.5, 0.6) is 0 Å². The van der Waals surface area contributed by atoms with Gasteiger partial charge in [-0.05, 0) is 43.9 Å². The minimum atomic E-state index is -1.27. The lowest BCUT2D eigenvalue weighted by molar-refractivity contribution is -0.121. The van der Waals surface area contributed by atoms with Gasteiger partial charge >= 0.3 is 11.9 Å². The summed E-state index contributed by atoms with van der Waals surface area (Å²) in [5.74, 6) is -2.90. The summed E-state index contributed by atoms with van der Waals surface area (Å²) in [6.45, 7) is 1.61. The number of carbonyl (C=O) groups excluding carboxylic acids is 1. The lowest BCUT2D eigenvalue weighted by atomic mass is 9.96. The Bertz CT molecular complexity index is 588. The largest absolute Gasteiger partial charge is 0.478 e. The van der Waals surface area contributed by atoms with E-state index in [1.54, 1.807) is 6.92 Å². The number of aromatic carboxylic acids is 2. The highest BCUT2D eigenvalue weighted by Crippen LogP contribution is 2.38. The molecule has 0 aliphatic heterocycles. The van der Waals surface area contributed by atoms with Gasteiger partial charge in [-0.25, -0.2) is 9.59 Å². The first-order chi connectivity index (χ1) is 9.71. The molecule has 7 nitrogen and oxygen atoms in total. The average molecular weight is 292 g/mol. The van der Waals surface area contributed by atoms with Crippen LogP contribution in [-0.4, -0.2) is 33.6 Å². The van der Waals surface area contributed by atoms with E-state index in [2.05, 4.69) is 5.32 Å². The summed E-state index contributed by atoms with van der Waals surface area (Å²) in [5, 5.41) is 20.5. The Morgan fingerprint density at radius 3 is 2.00 bits per heavy atom. The molecule has 1 fully saturated rings. The van der Waals surface area contributed by atoms with Crippen molar-refractivity contribution in [2.45, 2.75) is 25.3 Å². The van der Waals surface area contributed by atoms with Gasteiger partial charge in [0.1, 0.15) is 0 Å². The third-order valence-corrected chi connectivity index (χ3v) is 3.60. The molecule has 0 spiro atoms. The maximum absolute atomic E-state index is 12.1. The average Bonchev–Trinajstić information content (AvgIpc) is 3.22. The zero-order valence-electron chi connectivity index (χ0n) is 11.4. The highest BCUT2D eigenvalue weighted by Gasteiger charge is 2.44. The fraction of sp³-hybridized carbons (Fsp3) is 0.357. The third kappa shape index (κ3) is 3.19. The molecule has 1 saturated carbocycles. The normalized spacial score (nSPS) is 16.9. The first-order valence-corrected chi connectivity index (χ1v) is 6.44. The van der Waals surface area contributed by atoms with Crippen LogP contribution in [0.25, 0.3) is 0 Å². The van der Waals surface area contributed by atoms with Crippen molar-refractivity contribution in [1.82, 2.24) is 0 Å². The Kier molecular flexibility index (Phi) is 3.69. The van der Waals surface area contributed by atoms with Gasteiger partial charge in [0.2, 0.25) is 5.91 Å². The van der Waals surface area contributed by atoms with Crippen LogP contribution in [-0.2, 0) is 4.79 Å². The molecule has 21 heavy (non-hydrogen) atoms. The number of carboxylic acid groups (broad SMARTS) is 2. The highest BCUT2D eigenvalue weighted by atomic mass is 16.4. The van der Waals surface area contributed by atoms with E-state index in [0.717, 1.165) is 18.9 Å². The number of benzene rings is 1. The van der Waals surface area contributed by atoms with Gasteiger partial charge in [-0.1, -0.05) is 0 Å². The fourth-order valence-corrected chi connectivity index (χ4v) is 2.08. The van der Waals surface area contributed by atoms with Crippen LogP contribution in [0.3, 0.4) is 0 Å². The zero-order chi connectivity index (χ0) is 15.8. The molecule has 0 bridgehead atoms. The van der Waals surface area contributed by atoms with Gasteiger partial charge in [-0.2, -0.15) is 0 Å². The fourth-order valence-electron chi connectivity index (χ4n) is 2.08. The lowest BCUT2D eigenvalue weighted by Gasteiger charge is -2.23. The minimum Gasteiger partial charge on any atom is -0.478 e. The molecule has 7 heteroatoms. The summed E-state index contributed by atoms with van der Waals surface area (Å²) in [6, 6.07) is 3.44. The zero-order valence-corrected chi connectivity index (χ0v) is 11.4. The van der Waals surface area contributed by atoms with Crippen LogP contribution in [0, 0.1) is 5.92 Å². The number of nitrogens with two attached hydrogens (primary N) is 1. The van der Waals surface area contributed by atoms with Crippen molar-refractivity contribution in [1.29, 1.82) is 0 Å². The van der Waals surface area contributed by atoms with Gasteiger partial charge in [0.05, 0.1) is 16.7 Å². The Balaban J connectivity index is 2.28. The van der Waals surface area contributed by atoms with Crippen LogP contribution in [0.15, 0.2) is 18.2 Å². The Labute approximate surface area is 120 Å². The van der Waals surface area contributed by atoms with Crippen molar-refractivity contribution in [3.05, 3.63) is 29.3 Å². The van der Waals surface area contributed by atoms with Crippen LogP contribution < -0.4 is 11.1 Å². The predicted octanol–water partition coefficient (Wildman–Crippen LogP) is 1.15. The molecule has 0 heterocycles. The Morgan fingerprint density at radius 1 is 1.14 bits per heavy atom. The molecular weight excluding hydrogens is 276 g/mol. The molecular formula is C14H16N2O5. The second-order valence-electron chi connectivity index (χ2n) is 5.42. The summed E-state index contributed by atoms with van der Waals surface area (Å²) in [6.07, 6.45) is 1.74. The molecule has 0 radical (unpaired) electrons. The molecule has 5 N–H and O–H groups in total. The van der Waals surface area contributed by atoms with Gasteiger partial charge in [-0.3, -0.25) is 4.79 Å². The number of hydrogen-bond acceptors (Lipinski definition) is 4. The van der Waals surface area contributed by atoms with E-state index in [0.29, 0.717) is 0 Å². The van der Waals surface area contributed by atoms with E-state index < -0.39 is 23.4 Å². The number of anilines is 1. The molecule has 112 valence electrons. The summed E-state index contributed by atoms with van der Waals surface area (Å²) in [4.78, 5) is 34.1. The molecule has 1 amide bonds. The van der Waals surface area contributed by atoms with Gasteiger partial charge in [0.15, 0.2) is 0 Å². The molecule has 1 aromatic carbocycles. The highest BCUT2D eigenvalue weighted by molar-refractivity contribution is 6.01. The molecule has 2 rings (SSSR count). The predicted molar refractivity (Wildman–Crippen MR) is 74.3 cm³/mol. The number of amides is 1. The first kappa shape index (κ1) is 15.0. The maximum Gasteiger partial charge on any atom is 0.335 e. The van der Waals surface area contributed by atoms with Crippen LogP contribution in [0.1, 0.15) is 40.5 Å². The van der Waals surface area contributed by atoms with Crippen molar-refractivity contribution in [2.24, 2.45) is 11.7 Å². The molecule has 1 unspecified atom stereocenters. The SMILES string of the molecule is CC(N)(C(=O)Nc1cc(C(=O)O)cc(C(=O)O)c1)C1CC1. The minimum absolute atomic E-state index is 0.0964. The van der Waals surface area contributed by atoms with Crippen molar-refractivity contribution in [3.63, 3.8) is 0 Å². The Hall–Kier alpha value is -2.41. The van der Waals surface area contributed by atoms with Crippen molar-refractivity contribution >= 4 is 23.5 Å². The summed E-state index contributed by atoms with van der Waals surface area (Å²) < 4.78 is 0. The molecule has 1 aliphatic rings. The van der Waals surface area contributed by atoms with Crippen LogP contribution >= 0.6 is 0 Å². The van der Waals surface area contributed by atoms with E-state index in [1.807, 2.05) is 0 Å². The number of nitrogens with one attached hydrogen (secondary N) is 1. The molecule has 0 saturated heterocycles. The number of rotatable bonds is 5. The second kappa shape index (κ2) is 5.17. The van der Waals surface area contributed by atoms with Crippen molar-refractivity contribution in [2.75, 3.05) is 5.32 Å². The van der Waals surface area contributed by atoms with E-state index in [9.17, 15) is 14.4 Å². The van der Waals surface area contributed by atoms with Gasteiger partial charge < -0.3 is 21.3 Å². The standard InChI is InChI=1S/C14H16N2O5/c1-14(15,9-2-3-9)13(21)16-10-5-7(11(17)18)4-8(6-10)12(19)20/h4-6,9H,2-3,15H2,1H3,(H,16,21)(H,17,18)(H,19,20). The smallest absolute Gasteiger partial charge is 0.335 e. The molecule has 1 atom stereocenters. The summed E-state index contributed by atoms with van der Waals surface area (Å²) in [5.41, 5.74) is 4.59. The molecule has 1 aromatic rings. The van der Waals surface area contributed by atoms with E-state index in [4.69, 9.17) is 15.9 Å². The molecule has 0 aromatic heterocycles.